The summed E-state index contributed by atoms with van der Waals surface area (Å²) in [6.07, 6.45) is 1.82. The van der Waals surface area contributed by atoms with Crippen LogP contribution < -0.4 is 10.6 Å². The molecule has 2 aromatic rings. The zero-order valence-electron chi connectivity index (χ0n) is 13.5. The van der Waals surface area contributed by atoms with E-state index in [2.05, 4.69) is 15.4 Å². The van der Waals surface area contributed by atoms with E-state index in [0.29, 0.717) is 6.42 Å². The number of anilines is 1. The Morgan fingerprint density at radius 2 is 2.04 bits per heavy atom. The highest BCUT2D eigenvalue weighted by Crippen LogP contribution is 2.17. The molecule has 0 unspecified atom stereocenters. The van der Waals surface area contributed by atoms with Gasteiger partial charge in [-0.3, -0.25) is 9.59 Å². The number of nitrogens with one attached hydrogen (secondary N) is 2. The molecule has 2 rings (SSSR count). The maximum absolute atomic E-state index is 13.7. The van der Waals surface area contributed by atoms with Crippen LogP contribution in [0.2, 0.25) is 0 Å². The zero-order chi connectivity index (χ0) is 18.2. The fourth-order valence-electron chi connectivity index (χ4n) is 2.02. The number of carbonyl (C=O) groups excluding carboxylic acids is 3. The Bertz CT molecular complexity index is 758. The van der Waals surface area contributed by atoms with Gasteiger partial charge in [0.05, 0.1) is 24.6 Å². The summed E-state index contributed by atoms with van der Waals surface area (Å²) in [6, 6.07) is 6.67. The van der Waals surface area contributed by atoms with Gasteiger partial charge in [0, 0.05) is 13.0 Å². The standard InChI is InChI=1S/C17H17FN2O5/c1-24-17(23)11-6-7-12(18)13(10-11)20-15(21)5-2-8-19-16(22)14-4-3-9-25-14/h3-4,6-7,9-10H,2,5,8H2,1H3,(H,19,22)(H,20,21). The van der Waals surface area contributed by atoms with Gasteiger partial charge < -0.3 is 19.8 Å². The largest absolute Gasteiger partial charge is 0.465 e. The van der Waals surface area contributed by atoms with Gasteiger partial charge >= 0.3 is 5.97 Å². The Hall–Kier alpha value is -3.16. The average Bonchev–Trinajstić information content (AvgIpc) is 3.14. The lowest BCUT2D eigenvalue weighted by Gasteiger charge is -2.08. The van der Waals surface area contributed by atoms with Crippen LogP contribution in [0.1, 0.15) is 33.8 Å². The molecule has 0 fully saturated rings. The molecule has 25 heavy (non-hydrogen) atoms. The van der Waals surface area contributed by atoms with Crippen molar-refractivity contribution < 1.29 is 27.9 Å². The summed E-state index contributed by atoms with van der Waals surface area (Å²) in [7, 11) is 1.21. The van der Waals surface area contributed by atoms with E-state index < -0.39 is 17.7 Å². The molecule has 0 saturated carbocycles. The van der Waals surface area contributed by atoms with Crippen LogP contribution in [0.4, 0.5) is 10.1 Å². The van der Waals surface area contributed by atoms with Crippen molar-refractivity contribution in [1.82, 2.24) is 5.32 Å². The third-order valence-corrected chi connectivity index (χ3v) is 3.27. The minimum atomic E-state index is -0.660. The van der Waals surface area contributed by atoms with Crippen LogP contribution in [0.3, 0.4) is 0 Å². The van der Waals surface area contributed by atoms with Crippen molar-refractivity contribution in [2.45, 2.75) is 12.8 Å². The average molecular weight is 348 g/mol. The van der Waals surface area contributed by atoms with Crippen molar-refractivity contribution in [1.29, 1.82) is 0 Å². The highest BCUT2D eigenvalue weighted by molar-refractivity contribution is 5.94. The molecule has 2 N–H and O–H groups in total. The lowest BCUT2D eigenvalue weighted by atomic mass is 10.2. The molecule has 132 valence electrons. The van der Waals surface area contributed by atoms with Gasteiger partial charge in [0.25, 0.3) is 5.91 Å². The molecule has 0 spiro atoms. The summed E-state index contributed by atoms with van der Waals surface area (Å²) in [5.41, 5.74) is 0.0254. The zero-order valence-corrected chi connectivity index (χ0v) is 13.5. The lowest BCUT2D eigenvalue weighted by molar-refractivity contribution is -0.116. The van der Waals surface area contributed by atoms with Gasteiger partial charge in [-0.25, -0.2) is 9.18 Å². The molecule has 0 atom stereocenters. The van der Waals surface area contributed by atoms with Gasteiger partial charge in [0.1, 0.15) is 5.82 Å². The minimum Gasteiger partial charge on any atom is -0.465 e. The molecule has 0 bridgehead atoms. The number of esters is 1. The van der Waals surface area contributed by atoms with Crippen molar-refractivity contribution in [3.63, 3.8) is 0 Å². The van der Waals surface area contributed by atoms with Crippen molar-refractivity contribution in [2.24, 2.45) is 0 Å². The number of rotatable bonds is 7. The van der Waals surface area contributed by atoms with Crippen molar-refractivity contribution in [2.75, 3.05) is 19.0 Å². The maximum atomic E-state index is 13.7. The fourth-order valence-corrected chi connectivity index (χ4v) is 2.02. The van der Waals surface area contributed by atoms with E-state index in [0.717, 1.165) is 6.07 Å². The highest BCUT2D eigenvalue weighted by Gasteiger charge is 2.12. The normalized spacial score (nSPS) is 10.2. The van der Waals surface area contributed by atoms with Crippen LogP contribution in [0.25, 0.3) is 0 Å². The van der Waals surface area contributed by atoms with Crippen molar-refractivity contribution >= 4 is 23.5 Å². The first-order chi connectivity index (χ1) is 12.0. The number of benzene rings is 1. The number of furan rings is 1. The first kappa shape index (κ1) is 18.2. The van der Waals surface area contributed by atoms with E-state index in [1.807, 2.05) is 0 Å². The smallest absolute Gasteiger partial charge is 0.337 e. The molecule has 8 heteroatoms. The van der Waals surface area contributed by atoms with Gasteiger partial charge in [-0.1, -0.05) is 0 Å². The second-order valence-electron chi connectivity index (χ2n) is 5.07. The molecule has 0 aliphatic heterocycles. The fraction of sp³-hybridized carbons (Fsp3) is 0.235. The van der Waals surface area contributed by atoms with E-state index in [1.54, 1.807) is 6.07 Å². The first-order valence-corrected chi connectivity index (χ1v) is 7.50. The number of carbonyl (C=O) groups is 3. The molecule has 0 aliphatic carbocycles. The van der Waals surface area contributed by atoms with Crippen LogP contribution >= 0.6 is 0 Å². The summed E-state index contributed by atoms with van der Waals surface area (Å²) in [6.45, 7) is 0.262. The maximum Gasteiger partial charge on any atom is 0.337 e. The van der Waals surface area contributed by atoms with Gasteiger partial charge in [-0.05, 0) is 36.8 Å². The number of ether oxygens (including phenoxy) is 1. The topological polar surface area (TPSA) is 97.6 Å². The monoisotopic (exact) mass is 348 g/mol. The van der Waals surface area contributed by atoms with Crippen LogP contribution in [0.15, 0.2) is 41.0 Å². The summed E-state index contributed by atoms with van der Waals surface area (Å²) >= 11 is 0. The Kier molecular flexibility index (Phi) is 6.27. The van der Waals surface area contributed by atoms with Gasteiger partial charge in [0.15, 0.2) is 5.76 Å². The number of amides is 2. The van der Waals surface area contributed by atoms with Crippen LogP contribution in [0, 0.1) is 5.82 Å². The second kappa shape index (κ2) is 8.62. The third-order valence-electron chi connectivity index (χ3n) is 3.27. The molecule has 1 aromatic carbocycles. The first-order valence-electron chi connectivity index (χ1n) is 7.50. The molecule has 0 radical (unpaired) electrons. The molecule has 2 amide bonds. The molecule has 7 nitrogen and oxygen atoms in total. The van der Waals surface area contributed by atoms with Crippen molar-refractivity contribution in [3.8, 4) is 0 Å². The van der Waals surface area contributed by atoms with Crippen LogP contribution in [-0.2, 0) is 9.53 Å². The van der Waals surface area contributed by atoms with E-state index in [1.165, 1.54) is 31.6 Å². The molecular formula is C17H17FN2O5. The SMILES string of the molecule is COC(=O)c1ccc(F)c(NC(=O)CCCNC(=O)c2ccco2)c1. The Morgan fingerprint density at radius 3 is 2.72 bits per heavy atom. The van der Waals surface area contributed by atoms with Gasteiger partial charge in [-0.15, -0.1) is 0 Å². The highest BCUT2D eigenvalue weighted by atomic mass is 19.1. The number of hydrogen-bond acceptors (Lipinski definition) is 5. The van der Waals surface area contributed by atoms with E-state index in [9.17, 15) is 18.8 Å². The Morgan fingerprint density at radius 1 is 1.24 bits per heavy atom. The summed E-state index contributed by atoms with van der Waals surface area (Å²) < 4.78 is 23.2. The molecule has 1 aromatic heterocycles. The second-order valence-corrected chi connectivity index (χ2v) is 5.07. The van der Waals surface area contributed by atoms with Gasteiger partial charge in [0.2, 0.25) is 5.91 Å². The Balaban J connectivity index is 1.80. The molecule has 0 saturated heterocycles. The number of methoxy groups -OCH3 is 1. The van der Waals surface area contributed by atoms with E-state index in [4.69, 9.17) is 4.42 Å². The van der Waals surface area contributed by atoms with E-state index in [-0.39, 0.29) is 35.9 Å². The predicted octanol–water partition coefficient (Wildman–Crippen LogP) is 2.35. The predicted molar refractivity (Wildman–Crippen MR) is 86.6 cm³/mol. The third kappa shape index (κ3) is 5.17. The van der Waals surface area contributed by atoms with Crippen LogP contribution in [0.5, 0.6) is 0 Å². The van der Waals surface area contributed by atoms with Gasteiger partial charge in [-0.2, -0.15) is 0 Å². The quantitative estimate of drug-likeness (QED) is 0.591. The van der Waals surface area contributed by atoms with E-state index >= 15 is 0 Å². The molecule has 0 aliphatic rings. The summed E-state index contributed by atoms with van der Waals surface area (Å²) in [4.78, 5) is 34.9. The Labute approximate surface area is 143 Å². The van der Waals surface area contributed by atoms with Crippen LogP contribution in [-0.4, -0.2) is 31.4 Å². The number of hydrogen-bond donors (Lipinski definition) is 2. The molecule has 1 heterocycles. The van der Waals surface area contributed by atoms with Crippen molar-refractivity contribution in [3.05, 3.63) is 53.7 Å². The number of halogens is 1. The molecular weight excluding hydrogens is 331 g/mol. The summed E-state index contributed by atoms with van der Waals surface area (Å²) in [5, 5.41) is 4.99. The lowest BCUT2D eigenvalue weighted by Crippen LogP contribution is -2.25. The summed E-state index contributed by atoms with van der Waals surface area (Å²) in [5.74, 6) is -1.91. The minimum absolute atomic E-state index is 0.0698.